The summed E-state index contributed by atoms with van der Waals surface area (Å²) in [7, 11) is 0. The molecule has 1 aromatic heterocycles. The quantitative estimate of drug-likeness (QED) is 0.605. The molecule has 0 aromatic carbocycles. The molecule has 60 valence electrons. The van der Waals surface area contributed by atoms with Crippen LogP contribution in [-0.2, 0) is 0 Å². The molecule has 1 heterocycles. The average molecular weight is 157 g/mol. The van der Waals surface area contributed by atoms with Crippen molar-refractivity contribution in [1.82, 2.24) is 4.98 Å². The molecular weight excluding hydrogens is 149 g/mol. The van der Waals surface area contributed by atoms with Gasteiger partial charge in [0.25, 0.3) is 0 Å². The van der Waals surface area contributed by atoms with Gasteiger partial charge in [-0.3, -0.25) is 0 Å². The molecule has 0 bridgehead atoms. The summed E-state index contributed by atoms with van der Waals surface area (Å²) in [6.45, 7) is -0.382. The zero-order valence-corrected chi connectivity index (χ0v) is 5.74. The van der Waals surface area contributed by atoms with Crippen LogP contribution in [-0.4, -0.2) is 21.8 Å². The Bertz CT molecular complexity index is 224. The van der Waals surface area contributed by atoms with Crippen molar-refractivity contribution in [2.24, 2.45) is 0 Å². The number of aliphatic hydroxyl groups is 2. The minimum Gasteiger partial charge on any atom is -0.393 e. The van der Waals surface area contributed by atoms with Gasteiger partial charge in [0.1, 0.15) is 6.10 Å². The van der Waals surface area contributed by atoms with Gasteiger partial charge in [0, 0.05) is 11.8 Å². The van der Waals surface area contributed by atoms with Gasteiger partial charge in [-0.05, 0) is 6.07 Å². The fourth-order valence-corrected chi connectivity index (χ4v) is 0.690. The SMILES string of the molecule is OCC(O)c1ccc(F)nc1. The normalized spacial score (nSPS) is 13.0. The molecule has 1 unspecified atom stereocenters. The maximum Gasteiger partial charge on any atom is 0.212 e. The van der Waals surface area contributed by atoms with Gasteiger partial charge in [-0.2, -0.15) is 4.39 Å². The lowest BCUT2D eigenvalue weighted by molar-refractivity contribution is 0.0952. The first-order valence-corrected chi connectivity index (χ1v) is 3.14. The van der Waals surface area contributed by atoms with Crippen LogP contribution in [0.1, 0.15) is 11.7 Å². The molecule has 1 atom stereocenters. The molecule has 0 aliphatic heterocycles. The minimum absolute atomic E-state index is 0.382. The molecule has 0 aliphatic rings. The van der Waals surface area contributed by atoms with E-state index in [9.17, 15) is 4.39 Å². The Hall–Kier alpha value is -1.00. The predicted octanol–water partition coefficient (Wildman–Crippen LogP) is 0.246. The lowest BCUT2D eigenvalue weighted by atomic mass is 10.2. The Morgan fingerprint density at radius 3 is 2.73 bits per heavy atom. The van der Waals surface area contributed by atoms with Crippen LogP contribution >= 0.6 is 0 Å². The second kappa shape index (κ2) is 3.41. The largest absolute Gasteiger partial charge is 0.393 e. The number of rotatable bonds is 2. The summed E-state index contributed by atoms with van der Waals surface area (Å²) in [5.41, 5.74) is 0.411. The van der Waals surface area contributed by atoms with E-state index in [1.165, 1.54) is 12.3 Å². The number of aromatic nitrogens is 1. The average Bonchev–Trinajstić information content (AvgIpc) is 2.05. The van der Waals surface area contributed by atoms with E-state index in [1.807, 2.05) is 0 Å². The second-order valence-corrected chi connectivity index (χ2v) is 2.11. The van der Waals surface area contributed by atoms with Crippen LogP contribution < -0.4 is 0 Å². The van der Waals surface area contributed by atoms with Gasteiger partial charge >= 0.3 is 0 Å². The zero-order chi connectivity index (χ0) is 8.27. The van der Waals surface area contributed by atoms with Crippen molar-refractivity contribution in [1.29, 1.82) is 0 Å². The summed E-state index contributed by atoms with van der Waals surface area (Å²) < 4.78 is 12.2. The van der Waals surface area contributed by atoms with Crippen molar-refractivity contribution in [2.75, 3.05) is 6.61 Å². The van der Waals surface area contributed by atoms with Crippen molar-refractivity contribution >= 4 is 0 Å². The molecule has 4 heteroatoms. The number of hydrogen-bond donors (Lipinski definition) is 2. The first-order valence-electron chi connectivity index (χ1n) is 3.14. The molecular formula is C7H8FNO2. The molecule has 0 amide bonds. The molecule has 0 spiro atoms. The molecule has 3 nitrogen and oxygen atoms in total. The van der Waals surface area contributed by atoms with Gasteiger partial charge in [0.05, 0.1) is 6.61 Å². The molecule has 1 rings (SSSR count). The molecule has 2 N–H and O–H groups in total. The van der Waals surface area contributed by atoms with E-state index < -0.39 is 12.1 Å². The number of nitrogens with zero attached hydrogens (tertiary/aromatic N) is 1. The highest BCUT2D eigenvalue weighted by molar-refractivity contribution is 5.12. The van der Waals surface area contributed by atoms with Gasteiger partial charge in [0.2, 0.25) is 5.95 Å². The van der Waals surface area contributed by atoms with Crippen molar-refractivity contribution in [3.63, 3.8) is 0 Å². The molecule has 0 fully saturated rings. The summed E-state index contributed by atoms with van der Waals surface area (Å²) in [5, 5.41) is 17.5. The van der Waals surface area contributed by atoms with E-state index in [2.05, 4.69) is 4.98 Å². The van der Waals surface area contributed by atoms with E-state index in [0.717, 1.165) is 6.07 Å². The second-order valence-electron chi connectivity index (χ2n) is 2.11. The molecule has 0 radical (unpaired) electrons. The van der Waals surface area contributed by atoms with Gasteiger partial charge < -0.3 is 10.2 Å². The highest BCUT2D eigenvalue weighted by atomic mass is 19.1. The Balaban J connectivity index is 2.81. The van der Waals surface area contributed by atoms with Crippen LogP contribution in [0.2, 0.25) is 0 Å². The third kappa shape index (κ3) is 1.96. The fraction of sp³-hybridized carbons (Fsp3) is 0.286. The van der Waals surface area contributed by atoms with E-state index in [4.69, 9.17) is 10.2 Å². The van der Waals surface area contributed by atoms with Crippen LogP contribution in [0.5, 0.6) is 0 Å². The fourth-order valence-electron chi connectivity index (χ4n) is 0.690. The predicted molar refractivity (Wildman–Crippen MR) is 36.2 cm³/mol. The van der Waals surface area contributed by atoms with E-state index in [1.54, 1.807) is 0 Å². The number of hydrogen-bond acceptors (Lipinski definition) is 3. The molecule has 11 heavy (non-hydrogen) atoms. The lowest BCUT2D eigenvalue weighted by Crippen LogP contribution is -2.02. The maximum atomic E-state index is 12.2. The van der Waals surface area contributed by atoms with Crippen molar-refractivity contribution in [3.05, 3.63) is 29.8 Å². The van der Waals surface area contributed by atoms with Crippen LogP contribution in [0, 0.1) is 5.95 Å². The Kier molecular flexibility index (Phi) is 2.51. The van der Waals surface area contributed by atoms with Crippen molar-refractivity contribution in [3.8, 4) is 0 Å². The monoisotopic (exact) mass is 157 g/mol. The summed E-state index contributed by atoms with van der Waals surface area (Å²) in [5.74, 6) is -0.598. The molecule has 0 aliphatic carbocycles. The Morgan fingerprint density at radius 2 is 2.27 bits per heavy atom. The zero-order valence-electron chi connectivity index (χ0n) is 5.74. The number of aliphatic hydroxyl groups excluding tert-OH is 2. The first kappa shape index (κ1) is 8.10. The highest BCUT2D eigenvalue weighted by Gasteiger charge is 2.04. The van der Waals surface area contributed by atoms with E-state index >= 15 is 0 Å². The third-order valence-electron chi connectivity index (χ3n) is 1.31. The first-order chi connectivity index (χ1) is 5.24. The summed E-state index contributed by atoms with van der Waals surface area (Å²) >= 11 is 0. The van der Waals surface area contributed by atoms with Crippen LogP contribution in [0.3, 0.4) is 0 Å². The summed E-state index contributed by atoms with van der Waals surface area (Å²) in [4.78, 5) is 3.31. The Labute approximate surface area is 63.1 Å². The lowest BCUT2D eigenvalue weighted by Gasteiger charge is -2.04. The molecule has 0 saturated heterocycles. The summed E-state index contributed by atoms with van der Waals surface area (Å²) in [6.07, 6.45) is 0.221. The van der Waals surface area contributed by atoms with Gasteiger partial charge in [-0.1, -0.05) is 6.07 Å². The van der Waals surface area contributed by atoms with Crippen molar-refractivity contribution < 1.29 is 14.6 Å². The van der Waals surface area contributed by atoms with E-state index in [-0.39, 0.29) is 6.61 Å². The van der Waals surface area contributed by atoms with Crippen molar-refractivity contribution in [2.45, 2.75) is 6.10 Å². The third-order valence-corrected chi connectivity index (χ3v) is 1.31. The highest BCUT2D eigenvalue weighted by Crippen LogP contribution is 2.09. The molecule has 0 saturated carbocycles. The van der Waals surface area contributed by atoms with Crippen LogP contribution in [0.15, 0.2) is 18.3 Å². The number of pyridine rings is 1. The standard InChI is InChI=1S/C7H8FNO2/c8-7-2-1-5(3-9-7)6(11)4-10/h1-3,6,10-11H,4H2. The van der Waals surface area contributed by atoms with Crippen LogP contribution in [0.4, 0.5) is 4.39 Å². The smallest absolute Gasteiger partial charge is 0.212 e. The molecule has 1 aromatic rings. The Morgan fingerprint density at radius 1 is 1.55 bits per heavy atom. The maximum absolute atomic E-state index is 12.2. The van der Waals surface area contributed by atoms with Gasteiger partial charge in [-0.25, -0.2) is 4.98 Å². The van der Waals surface area contributed by atoms with Gasteiger partial charge in [0.15, 0.2) is 0 Å². The van der Waals surface area contributed by atoms with Crippen LogP contribution in [0.25, 0.3) is 0 Å². The summed E-state index contributed by atoms with van der Waals surface area (Å²) in [6, 6.07) is 2.51. The number of halogens is 1. The minimum atomic E-state index is -0.969. The van der Waals surface area contributed by atoms with E-state index in [0.29, 0.717) is 5.56 Å². The topological polar surface area (TPSA) is 53.4 Å². The van der Waals surface area contributed by atoms with Gasteiger partial charge in [-0.15, -0.1) is 0 Å².